The van der Waals surface area contributed by atoms with Gasteiger partial charge in [-0.2, -0.15) is 0 Å². The minimum absolute atomic E-state index is 0.00588. The van der Waals surface area contributed by atoms with Gasteiger partial charge in [0.25, 0.3) is 5.97 Å². The molecule has 0 aliphatic heterocycles. The third kappa shape index (κ3) is 24.1. The quantitative estimate of drug-likeness (QED) is 0.219. The summed E-state index contributed by atoms with van der Waals surface area (Å²) in [4.78, 5) is 40.7. The number of hydrogen-bond donors (Lipinski definition) is 6. The third-order valence-electron chi connectivity index (χ3n) is 4.74. The van der Waals surface area contributed by atoms with E-state index in [1.807, 2.05) is 6.92 Å². The molecule has 200 valence electrons. The van der Waals surface area contributed by atoms with E-state index < -0.39 is 18.0 Å². The summed E-state index contributed by atoms with van der Waals surface area (Å²) in [6.07, 6.45) is 11.0. The van der Waals surface area contributed by atoms with Crippen LogP contribution >= 0.6 is 0 Å². The van der Waals surface area contributed by atoms with E-state index in [4.69, 9.17) is 32.2 Å². The Kier molecular flexibility index (Phi) is 22.5. The van der Waals surface area contributed by atoms with Crippen molar-refractivity contribution in [2.24, 2.45) is 17.2 Å². The molecule has 10 nitrogen and oxygen atoms in total. The molecule has 10 heteroatoms. The lowest BCUT2D eigenvalue weighted by atomic mass is 9.97. The zero-order chi connectivity index (χ0) is 27.1. The van der Waals surface area contributed by atoms with Crippen LogP contribution in [0.5, 0.6) is 0 Å². The number of amides is 1. The van der Waals surface area contributed by atoms with Crippen LogP contribution in [0.15, 0.2) is 24.3 Å². The van der Waals surface area contributed by atoms with E-state index in [0.717, 1.165) is 38.2 Å². The van der Waals surface area contributed by atoms with Crippen LogP contribution in [0.4, 0.5) is 5.69 Å². The molecule has 1 fully saturated rings. The van der Waals surface area contributed by atoms with Crippen molar-refractivity contribution in [2.45, 2.75) is 90.1 Å². The van der Waals surface area contributed by atoms with Crippen LogP contribution in [-0.4, -0.2) is 53.0 Å². The maximum absolute atomic E-state index is 11.2. The summed E-state index contributed by atoms with van der Waals surface area (Å²) < 4.78 is 0. The predicted octanol–water partition coefficient (Wildman–Crippen LogP) is 3.13. The van der Waals surface area contributed by atoms with E-state index in [9.17, 15) is 14.4 Å². The molecule has 0 bridgehead atoms. The number of carboxylic acids is 2. The fourth-order valence-corrected chi connectivity index (χ4v) is 2.86. The average molecular weight is 497 g/mol. The van der Waals surface area contributed by atoms with Crippen molar-refractivity contribution in [2.75, 3.05) is 11.9 Å². The van der Waals surface area contributed by atoms with Crippen molar-refractivity contribution in [1.82, 2.24) is 0 Å². The normalized spacial score (nSPS) is 13.3. The summed E-state index contributed by atoms with van der Waals surface area (Å²) in [5, 5.41) is 18.5. The van der Waals surface area contributed by atoms with Gasteiger partial charge < -0.3 is 32.7 Å². The molecule has 0 aromatic heterocycles. The Morgan fingerprint density at radius 3 is 2.00 bits per heavy atom. The van der Waals surface area contributed by atoms with Gasteiger partial charge in [-0.05, 0) is 62.9 Å². The molecule has 1 aromatic carbocycles. The van der Waals surface area contributed by atoms with Crippen LogP contribution in [-0.2, 0) is 14.4 Å². The van der Waals surface area contributed by atoms with Gasteiger partial charge in [0.15, 0.2) is 0 Å². The van der Waals surface area contributed by atoms with Gasteiger partial charge in [-0.25, -0.2) is 0 Å². The van der Waals surface area contributed by atoms with Gasteiger partial charge in [-0.3, -0.25) is 19.2 Å². The largest absolute Gasteiger partial charge is 0.481 e. The second-order valence-corrected chi connectivity index (χ2v) is 8.18. The molecule has 0 radical (unpaired) electrons. The fraction of sp³-hybridized carbons (Fsp3) is 0.600. The highest BCUT2D eigenvalue weighted by Crippen LogP contribution is 2.14. The first kappa shape index (κ1) is 34.3. The first-order chi connectivity index (χ1) is 16.6. The Bertz CT molecular complexity index is 702. The van der Waals surface area contributed by atoms with Crippen molar-refractivity contribution in [3.8, 4) is 0 Å². The lowest BCUT2D eigenvalue weighted by molar-refractivity contribution is -0.138. The third-order valence-corrected chi connectivity index (χ3v) is 4.74. The van der Waals surface area contributed by atoms with Crippen LogP contribution in [0.1, 0.15) is 88.4 Å². The number of carbonyl (C=O) groups is 4. The lowest BCUT2D eigenvalue weighted by Crippen LogP contribution is -2.29. The second kappa shape index (κ2) is 22.9. The van der Waals surface area contributed by atoms with E-state index in [-0.39, 0.29) is 5.91 Å². The standard InChI is InChI=1S/C11H13NO2.C6H14N2O2.C6H13N.C2H4O2/c1-2-3-11(14)12-10-6-4-9(8-13)5-7-10;7-4-2-1-3-5(8)6(9)10;7-6-4-2-1-3-5-6;1-2(3)4/h4-8H,2-3H2,1H3,(H,12,14);5H,1-4,7-8H2,(H,9,10);6H,1-5,7H2;1H3,(H,3,4)/t;5-;;/m.0../s1. The minimum Gasteiger partial charge on any atom is -0.481 e. The highest BCUT2D eigenvalue weighted by molar-refractivity contribution is 5.91. The summed E-state index contributed by atoms with van der Waals surface area (Å²) >= 11 is 0. The molecular weight excluding hydrogens is 452 g/mol. The smallest absolute Gasteiger partial charge is 0.320 e. The molecule has 9 N–H and O–H groups in total. The number of hydrogen-bond acceptors (Lipinski definition) is 7. The van der Waals surface area contributed by atoms with Crippen LogP contribution in [0.3, 0.4) is 0 Å². The number of anilines is 1. The molecule has 0 spiro atoms. The van der Waals surface area contributed by atoms with Crippen molar-refractivity contribution < 1.29 is 29.4 Å². The van der Waals surface area contributed by atoms with Gasteiger partial charge in [0, 0.05) is 30.6 Å². The highest BCUT2D eigenvalue weighted by Gasteiger charge is 2.09. The number of carbonyl (C=O) groups excluding carboxylic acids is 2. The number of aldehydes is 1. The first-order valence-electron chi connectivity index (χ1n) is 12.1. The van der Waals surface area contributed by atoms with E-state index >= 15 is 0 Å². The van der Waals surface area contributed by atoms with Gasteiger partial charge in [0.2, 0.25) is 5.91 Å². The van der Waals surface area contributed by atoms with E-state index in [1.165, 1.54) is 32.1 Å². The molecule has 1 aromatic rings. The number of carboxylic acid groups (broad SMARTS) is 2. The Balaban J connectivity index is 0. The topological polar surface area (TPSA) is 199 Å². The van der Waals surface area contributed by atoms with Gasteiger partial charge >= 0.3 is 5.97 Å². The van der Waals surface area contributed by atoms with Gasteiger partial charge in [0.1, 0.15) is 12.3 Å². The number of nitrogens with two attached hydrogens (primary N) is 3. The summed E-state index contributed by atoms with van der Waals surface area (Å²) in [5.74, 6) is -1.76. The zero-order valence-corrected chi connectivity index (χ0v) is 21.1. The number of aliphatic carboxylic acids is 2. The number of benzene rings is 1. The van der Waals surface area contributed by atoms with Crippen molar-refractivity contribution in [3.05, 3.63) is 29.8 Å². The predicted molar refractivity (Wildman–Crippen MR) is 138 cm³/mol. The van der Waals surface area contributed by atoms with Gasteiger partial charge in [0.05, 0.1) is 0 Å². The average Bonchev–Trinajstić information content (AvgIpc) is 2.81. The summed E-state index contributed by atoms with van der Waals surface area (Å²) in [7, 11) is 0. The zero-order valence-electron chi connectivity index (χ0n) is 21.1. The van der Waals surface area contributed by atoms with Crippen LogP contribution in [0.25, 0.3) is 0 Å². The SMILES string of the molecule is CC(=O)O.CCCC(=O)Nc1ccc(C=O)cc1.NC1CCCCC1.NCCCC[C@H](N)C(=O)O. The summed E-state index contributed by atoms with van der Waals surface area (Å²) in [5.41, 5.74) is 17.4. The molecule has 1 atom stereocenters. The Labute approximate surface area is 208 Å². The molecule has 0 saturated heterocycles. The van der Waals surface area contributed by atoms with E-state index in [2.05, 4.69) is 5.32 Å². The van der Waals surface area contributed by atoms with Crippen LogP contribution < -0.4 is 22.5 Å². The number of unbranched alkanes of at least 4 members (excludes halogenated alkanes) is 1. The maximum Gasteiger partial charge on any atom is 0.320 e. The molecule has 1 amide bonds. The van der Waals surface area contributed by atoms with Crippen molar-refractivity contribution in [1.29, 1.82) is 0 Å². The molecule has 0 heterocycles. The van der Waals surface area contributed by atoms with E-state index in [0.29, 0.717) is 31.0 Å². The highest BCUT2D eigenvalue weighted by atomic mass is 16.4. The molecule has 1 aliphatic rings. The Hall–Kier alpha value is -2.82. The summed E-state index contributed by atoms with van der Waals surface area (Å²) in [6, 6.07) is 6.61. The van der Waals surface area contributed by atoms with E-state index in [1.54, 1.807) is 24.3 Å². The molecule has 1 saturated carbocycles. The lowest BCUT2D eigenvalue weighted by Gasteiger charge is -2.15. The monoisotopic (exact) mass is 496 g/mol. The molecule has 2 rings (SSSR count). The van der Waals surface area contributed by atoms with Crippen LogP contribution in [0.2, 0.25) is 0 Å². The van der Waals surface area contributed by atoms with Crippen molar-refractivity contribution >= 4 is 29.8 Å². The molecule has 1 aliphatic carbocycles. The molecular formula is C25H44N4O6. The maximum atomic E-state index is 11.2. The van der Waals surface area contributed by atoms with Crippen LogP contribution in [0, 0.1) is 0 Å². The van der Waals surface area contributed by atoms with Gasteiger partial charge in [-0.1, -0.05) is 32.6 Å². The first-order valence-corrected chi connectivity index (χ1v) is 12.1. The number of rotatable bonds is 9. The Morgan fingerprint density at radius 2 is 1.63 bits per heavy atom. The molecule has 35 heavy (non-hydrogen) atoms. The minimum atomic E-state index is -0.933. The Morgan fingerprint density at radius 1 is 1.09 bits per heavy atom. The second-order valence-electron chi connectivity index (χ2n) is 8.18. The fourth-order valence-electron chi connectivity index (χ4n) is 2.86. The summed E-state index contributed by atoms with van der Waals surface area (Å²) in [6.45, 7) is 3.64. The number of nitrogens with one attached hydrogen (secondary N) is 1. The van der Waals surface area contributed by atoms with Gasteiger partial charge in [-0.15, -0.1) is 0 Å². The molecule has 0 unspecified atom stereocenters. The van der Waals surface area contributed by atoms with Crippen molar-refractivity contribution in [3.63, 3.8) is 0 Å².